The Morgan fingerprint density at radius 1 is 0.582 bits per heavy atom. The van der Waals surface area contributed by atoms with Crippen LogP contribution < -0.4 is 4.98 Å². The summed E-state index contributed by atoms with van der Waals surface area (Å²) in [6, 6.07) is 25.4. The van der Waals surface area contributed by atoms with Crippen molar-refractivity contribution in [2.45, 2.75) is 61.2 Å². The van der Waals surface area contributed by atoms with Crippen molar-refractivity contribution in [3.63, 3.8) is 0 Å². The molecule has 28 nitrogen and oxygen atoms in total. The molecular weight excluding hydrogens is 1310 g/mol. The van der Waals surface area contributed by atoms with Crippen LogP contribution in [0.25, 0.3) is 0 Å². The Bertz CT molecular complexity index is 3380. The van der Waals surface area contributed by atoms with E-state index in [1.165, 1.54) is 30.3 Å². The van der Waals surface area contributed by atoms with Crippen LogP contribution in [0, 0.1) is 0 Å². The number of hydrogen-bond acceptors (Lipinski definition) is 24. The number of rotatable bonds is 10. The highest BCUT2D eigenvalue weighted by Gasteiger charge is 2.47. The molecule has 5 N–H and O–H groups in total. The van der Waals surface area contributed by atoms with E-state index in [0.29, 0.717) is 11.8 Å². The number of fused-ring (bicyclic) bond motifs is 1. The van der Waals surface area contributed by atoms with Gasteiger partial charge in [0.15, 0.2) is 26.0 Å². The fourth-order valence-electron chi connectivity index (χ4n) is 4.35. The third kappa shape index (κ3) is 29.8. The SMILES string of the molecule is C.C.CS(=O)(=O)OCOS(=O)(=O)C(F)(F)F.O.O=S(=O)(Cl)c1ccccc1S(=O)(=O)Cl.O=S(=O)(O)c1ccccc1S(=O)(=O)O.O=S(=O)([O-])c1ccccc1S(=O)(=O)[O-].O=S1(=O)OCOCc2ccccc21.[B].c1cc[nH+]cc1. The van der Waals surface area contributed by atoms with E-state index in [9.17, 15) is 98.0 Å². The van der Waals surface area contributed by atoms with Crippen LogP contribution in [0.1, 0.15) is 20.4 Å². The highest BCUT2D eigenvalue weighted by molar-refractivity contribution is 8.16. The minimum Gasteiger partial charge on any atom is -0.744 e. The molecule has 0 fully saturated rings. The Labute approximate surface area is 464 Å². The van der Waals surface area contributed by atoms with Gasteiger partial charge in [-0.3, -0.25) is 9.11 Å². The fraction of sp³-hybridized carbons (Fsp3) is 0.194. The Morgan fingerprint density at radius 2 is 0.924 bits per heavy atom. The van der Waals surface area contributed by atoms with Gasteiger partial charge in [-0.2, -0.15) is 55.3 Å². The monoisotopic (exact) mass is 1350 g/mol. The average Bonchev–Trinajstić information content (AvgIpc) is 3.43. The van der Waals surface area contributed by atoms with Crippen molar-refractivity contribution in [3.8, 4) is 0 Å². The summed E-state index contributed by atoms with van der Waals surface area (Å²) in [7, 11) is -30.8. The summed E-state index contributed by atoms with van der Waals surface area (Å²) in [6.07, 6.45) is 4.27. The zero-order valence-electron chi connectivity index (χ0n) is 37.6. The first kappa shape index (κ1) is 81.1. The van der Waals surface area contributed by atoms with Crippen LogP contribution in [0.15, 0.2) is 162 Å². The maximum atomic E-state index is 11.5. The summed E-state index contributed by atoms with van der Waals surface area (Å²) >= 11 is 0. The molecular formula is C36H43BCl2F3NO27S9-. The number of H-pyrrole nitrogens is 1. The van der Waals surface area contributed by atoms with Crippen molar-refractivity contribution in [3.05, 3.63) is 133 Å². The second-order valence-electron chi connectivity index (χ2n) is 12.8. The summed E-state index contributed by atoms with van der Waals surface area (Å²) < 4.78 is 281. The molecule has 1 aliphatic rings. The Hall–Kier alpha value is -4.35. The molecule has 1 aromatic heterocycles. The van der Waals surface area contributed by atoms with Crippen LogP contribution in [-0.2, 0) is 113 Å². The number of ether oxygens (including phenoxy) is 1. The molecule has 79 heavy (non-hydrogen) atoms. The number of nitrogens with one attached hydrogen (secondary N) is 1. The zero-order chi connectivity index (χ0) is 58.1. The molecule has 0 atom stereocenters. The highest BCUT2D eigenvalue weighted by atomic mass is 35.7. The molecule has 0 bridgehead atoms. The maximum absolute atomic E-state index is 11.5. The lowest BCUT2D eigenvalue weighted by Gasteiger charge is -2.14. The van der Waals surface area contributed by atoms with Gasteiger partial charge in [-0.05, 0) is 48.0 Å². The van der Waals surface area contributed by atoms with E-state index in [0.717, 1.165) is 48.5 Å². The lowest BCUT2D eigenvalue weighted by atomic mass is 10.2. The predicted molar refractivity (Wildman–Crippen MR) is 268 cm³/mol. The molecule has 447 valence electrons. The summed E-state index contributed by atoms with van der Waals surface area (Å²) in [6.45, 7) is -1.48. The average molecular weight is 1350 g/mol. The lowest BCUT2D eigenvalue weighted by Crippen LogP contribution is -2.26. The highest BCUT2D eigenvalue weighted by Crippen LogP contribution is 2.27. The quantitative estimate of drug-likeness (QED) is 0.0506. The van der Waals surface area contributed by atoms with Gasteiger partial charge in [-0.25, -0.2) is 51.2 Å². The van der Waals surface area contributed by atoms with E-state index < -0.39 is 131 Å². The Balaban J connectivity index is -0.000000428. The summed E-state index contributed by atoms with van der Waals surface area (Å²) in [5.74, 6) is 0. The van der Waals surface area contributed by atoms with Crippen LogP contribution in [-0.4, -0.2) is 133 Å². The van der Waals surface area contributed by atoms with Gasteiger partial charge in [0, 0.05) is 41.9 Å². The Morgan fingerprint density at radius 3 is 1.22 bits per heavy atom. The second-order valence-corrected chi connectivity index (χ2v) is 28.1. The third-order valence-corrected chi connectivity index (χ3v) is 16.9. The van der Waals surface area contributed by atoms with Crippen molar-refractivity contribution >= 4 is 119 Å². The first-order valence-electron chi connectivity index (χ1n) is 18.1. The molecule has 6 rings (SSSR count). The van der Waals surface area contributed by atoms with Crippen LogP contribution in [0.5, 0.6) is 0 Å². The summed E-state index contributed by atoms with van der Waals surface area (Å²) in [5.41, 5.74) is -4.96. The van der Waals surface area contributed by atoms with E-state index in [-0.39, 0.29) is 47.0 Å². The molecule has 0 aliphatic carbocycles. The standard InChI is InChI=1S/C8H8O4S.C6H4Cl2O4S2.2C6H6O6S2.C5H5N.C3H5F3O6S2.2CH4.B.H2O/c9-13(10)8-4-2-1-3-7(8)5-11-6-12-13;7-13(9,10)5-3-1-2-4-6(5)14(8,11)12;2*7-13(8,9)5-3-1-2-4-6(5)14(10,11)12;1-2-4-6-5-3-1;1-13(7,8)11-2-12-14(9,10)3(4,5)6;;;;/h1-4H,5-6H2;1-4H;2*1-4H,(H,7,8,9)(H,10,11,12);1-5H;2H2,1H3;2*1H4;;1H2/p-1. The number of aromatic nitrogens is 1. The van der Waals surface area contributed by atoms with Gasteiger partial charge < -0.3 is 19.3 Å². The van der Waals surface area contributed by atoms with Crippen molar-refractivity contribution in [1.29, 1.82) is 0 Å². The summed E-state index contributed by atoms with van der Waals surface area (Å²) in [4.78, 5) is -1.67. The van der Waals surface area contributed by atoms with Crippen molar-refractivity contribution in [1.82, 2.24) is 0 Å². The van der Waals surface area contributed by atoms with Crippen LogP contribution in [0.2, 0.25) is 0 Å². The number of alkyl halides is 3. The number of pyridine rings is 1. The van der Waals surface area contributed by atoms with Crippen LogP contribution >= 0.6 is 21.4 Å². The van der Waals surface area contributed by atoms with Gasteiger partial charge in [-0.15, -0.1) is 0 Å². The van der Waals surface area contributed by atoms with Gasteiger partial charge >= 0.3 is 15.6 Å². The van der Waals surface area contributed by atoms with E-state index in [4.69, 9.17) is 35.2 Å². The summed E-state index contributed by atoms with van der Waals surface area (Å²) in [5, 5.41) is 0. The number of halogens is 5. The molecule has 0 saturated heterocycles. The molecule has 2 heterocycles. The van der Waals surface area contributed by atoms with Crippen molar-refractivity contribution in [2.24, 2.45) is 0 Å². The first-order valence-corrected chi connectivity index (χ1v) is 33.1. The Kier molecular flexibility index (Phi) is 33.8. The van der Waals surface area contributed by atoms with Crippen molar-refractivity contribution < 1.29 is 135 Å². The normalized spacial score (nSPS) is 13.2. The van der Waals surface area contributed by atoms with Gasteiger partial charge in [0.1, 0.15) is 39.8 Å². The maximum Gasteiger partial charge on any atom is 0.523 e. The largest absolute Gasteiger partial charge is 0.744 e. The first-order chi connectivity index (χ1) is 33.8. The molecule has 0 amide bonds. The van der Waals surface area contributed by atoms with Gasteiger partial charge in [0.25, 0.3) is 58.6 Å². The van der Waals surface area contributed by atoms with Gasteiger partial charge in [-0.1, -0.05) is 75.5 Å². The predicted octanol–water partition coefficient (Wildman–Crippen LogP) is 2.45. The topological polar surface area (TPSA) is 476 Å². The van der Waals surface area contributed by atoms with E-state index in [1.54, 1.807) is 18.2 Å². The lowest BCUT2D eigenvalue weighted by molar-refractivity contribution is -0.378. The second kappa shape index (κ2) is 32.9. The molecule has 3 radical (unpaired) electrons. The number of benzene rings is 4. The zero-order valence-corrected chi connectivity index (χ0v) is 46.4. The smallest absolute Gasteiger partial charge is 0.523 e. The van der Waals surface area contributed by atoms with E-state index in [1.807, 2.05) is 30.6 Å². The van der Waals surface area contributed by atoms with Gasteiger partial charge in [0.2, 0.25) is 0 Å². The number of aromatic amines is 1. The van der Waals surface area contributed by atoms with E-state index in [2.05, 4.69) is 17.5 Å². The fourth-order valence-corrected chi connectivity index (χ4v) is 12.3. The molecule has 43 heteroatoms. The van der Waals surface area contributed by atoms with Crippen LogP contribution in [0.3, 0.4) is 0 Å². The minimum absolute atomic E-state index is 0. The van der Waals surface area contributed by atoms with E-state index >= 15 is 0 Å². The molecule has 0 unspecified atom stereocenters. The minimum atomic E-state index is -5.81. The molecule has 0 spiro atoms. The molecule has 5 aromatic rings. The molecule has 4 aromatic carbocycles. The van der Waals surface area contributed by atoms with Crippen LogP contribution in [0.4, 0.5) is 13.2 Å². The van der Waals surface area contributed by atoms with Gasteiger partial charge in [0.05, 0.1) is 27.5 Å². The third-order valence-electron chi connectivity index (χ3n) is 7.31. The number of hydrogen-bond donors (Lipinski definition) is 2. The van der Waals surface area contributed by atoms with Crippen molar-refractivity contribution in [2.75, 3.05) is 19.8 Å². The molecule has 1 aliphatic heterocycles. The molecule has 0 saturated carbocycles.